The predicted molar refractivity (Wildman–Crippen MR) is 58.3 cm³/mol. The van der Waals surface area contributed by atoms with E-state index < -0.39 is 6.16 Å². The van der Waals surface area contributed by atoms with Crippen molar-refractivity contribution in [3.05, 3.63) is 24.8 Å². The first kappa shape index (κ1) is 14.2. The van der Waals surface area contributed by atoms with Crippen molar-refractivity contribution in [3.8, 4) is 0 Å². The molecule has 5 nitrogen and oxygen atoms in total. The maximum atomic E-state index is 11.2. The van der Waals surface area contributed by atoms with E-state index in [0.717, 1.165) is 24.8 Å². The van der Waals surface area contributed by atoms with E-state index in [9.17, 15) is 4.79 Å². The molecular formula is C11H16O5. The number of ether oxygens (including phenoxy) is 1. The number of carboxylic acid groups (broad SMARTS) is 2. The third-order valence-electron chi connectivity index (χ3n) is 2.06. The van der Waals surface area contributed by atoms with Gasteiger partial charge in [-0.05, 0) is 19.3 Å². The minimum Gasteiger partial charge on any atom is -0.461 e. The molecule has 0 saturated heterocycles. The number of hydrogen-bond acceptors (Lipinski definition) is 3. The number of rotatable bonds is 3. The lowest BCUT2D eigenvalue weighted by Gasteiger charge is -2.06. The van der Waals surface area contributed by atoms with Crippen molar-refractivity contribution in [1.82, 2.24) is 0 Å². The summed E-state index contributed by atoms with van der Waals surface area (Å²) in [5.74, 6) is -0.0500. The van der Waals surface area contributed by atoms with E-state index in [1.807, 2.05) is 0 Å². The molecule has 0 amide bonds. The summed E-state index contributed by atoms with van der Waals surface area (Å²) < 4.78 is 4.93. The van der Waals surface area contributed by atoms with Gasteiger partial charge in [0, 0.05) is 0 Å². The molecule has 1 rings (SSSR count). The van der Waals surface area contributed by atoms with Gasteiger partial charge in [0.15, 0.2) is 0 Å². The highest BCUT2D eigenvalue weighted by molar-refractivity contribution is 5.73. The molecule has 0 aromatic carbocycles. The van der Waals surface area contributed by atoms with Crippen LogP contribution in [0.5, 0.6) is 0 Å². The Kier molecular flexibility index (Phi) is 6.67. The lowest BCUT2D eigenvalue weighted by Crippen LogP contribution is -2.14. The summed E-state index contributed by atoms with van der Waals surface area (Å²) in [5, 5.41) is 13.9. The van der Waals surface area contributed by atoms with E-state index in [1.165, 1.54) is 0 Å². The van der Waals surface area contributed by atoms with Gasteiger partial charge in [0.05, 0.1) is 5.92 Å². The van der Waals surface area contributed by atoms with E-state index in [1.54, 1.807) is 6.08 Å². The molecule has 0 heterocycles. The number of allylic oxidation sites excluding steroid dienone is 1. The average Bonchev–Trinajstić information content (AvgIpc) is 2.60. The first-order chi connectivity index (χ1) is 7.47. The van der Waals surface area contributed by atoms with Gasteiger partial charge >= 0.3 is 12.1 Å². The van der Waals surface area contributed by atoms with E-state index in [0.29, 0.717) is 6.61 Å². The van der Waals surface area contributed by atoms with Crippen molar-refractivity contribution in [2.45, 2.75) is 19.3 Å². The van der Waals surface area contributed by atoms with E-state index in [2.05, 4.69) is 13.2 Å². The molecule has 0 spiro atoms. The van der Waals surface area contributed by atoms with Gasteiger partial charge in [0.2, 0.25) is 0 Å². The van der Waals surface area contributed by atoms with Gasteiger partial charge in [-0.2, -0.15) is 0 Å². The van der Waals surface area contributed by atoms with Crippen LogP contribution in [0.2, 0.25) is 0 Å². The minimum atomic E-state index is -1.83. The van der Waals surface area contributed by atoms with Crippen LogP contribution in [0.1, 0.15) is 19.3 Å². The SMILES string of the molecule is C=CCOC(=O)[C@@H]1CCC(=C)C1.O=C(O)O. The highest BCUT2D eigenvalue weighted by Crippen LogP contribution is 2.29. The van der Waals surface area contributed by atoms with Gasteiger partial charge in [-0.3, -0.25) is 4.79 Å². The van der Waals surface area contributed by atoms with Crippen LogP contribution >= 0.6 is 0 Å². The number of carbonyl (C=O) groups is 2. The molecule has 2 N–H and O–H groups in total. The maximum absolute atomic E-state index is 11.2. The summed E-state index contributed by atoms with van der Waals surface area (Å²) in [6.07, 6.45) is 2.42. The van der Waals surface area contributed by atoms with Crippen molar-refractivity contribution in [2.24, 2.45) is 5.92 Å². The normalized spacial score (nSPS) is 18.2. The molecule has 0 unspecified atom stereocenters. The number of esters is 1. The highest BCUT2D eigenvalue weighted by Gasteiger charge is 2.25. The van der Waals surface area contributed by atoms with Crippen molar-refractivity contribution in [2.75, 3.05) is 6.61 Å². The van der Waals surface area contributed by atoms with Crippen LogP contribution < -0.4 is 0 Å². The van der Waals surface area contributed by atoms with Crippen LogP contribution in [0.25, 0.3) is 0 Å². The van der Waals surface area contributed by atoms with Crippen molar-refractivity contribution < 1.29 is 24.5 Å². The monoisotopic (exact) mass is 228 g/mol. The maximum Gasteiger partial charge on any atom is 0.503 e. The lowest BCUT2D eigenvalue weighted by molar-refractivity contribution is -0.146. The molecule has 0 aromatic rings. The molecule has 0 aromatic heterocycles. The van der Waals surface area contributed by atoms with Gasteiger partial charge in [-0.15, -0.1) is 0 Å². The molecule has 1 atom stereocenters. The van der Waals surface area contributed by atoms with Crippen molar-refractivity contribution in [3.63, 3.8) is 0 Å². The zero-order valence-electron chi connectivity index (χ0n) is 9.02. The molecule has 16 heavy (non-hydrogen) atoms. The fourth-order valence-corrected chi connectivity index (χ4v) is 1.39. The predicted octanol–water partition coefficient (Wildman–Crippen LogP) is 2.29. The molecule has 1 fully saturated rings. The zero-order valence-corrected chi connectivity index (χ0v) is 9.02. The second kappa shape index (κ2) is 7.50. The Balaban J connectivity index is 0.000000487. The van der Waals surface area contributed by atoms with Crippen LogP contribution in [0.15, 0.2) is 24.8 Å². The van der Waals surface area contributed by atoms with Gasteiger partial charge < -0.3 is 14.9 Å². The van der Waals surface area contributed by atoms with E-state index in [4.69, 9.17) is 19.7 Å². The Morgan fingerprint density at radius 2 is 2.06 bits per heavy atom. The van der Waals surface area contributed by atoms with E-state index >= 15 is 0 Å². The topological polar surface area (TPSA) is 83.8 Å². The molecule has 5 heteroatoms. The second-order valence-electron chi connectivity index (χ2n) is 3.39. The first-order valence-electron chi connectivity index (χ1n) is 4.83. The van der Waals surface area contributed by atoms with Crippen molar-refractivity contribution in [1.29, 1.82) is 0 Å². The first-order valence-corrected chi connectivity index (χ1v) is 4.83. The molecule has 1 aliphatic carbocycles. The molecule has 1 aliphatic rings. The highest BCUT2D eigenvalue weighted by atomic mass is 16.6. The molecule has 0 aliphatic heterocycles. The Morgan fingerprint density at radius 3 is 2.44 bits per heavy atom. The largest absolute Gasteiger partial charge is 0.503 e. The molecule has 1 saturated carbocycles. The second-order valence-corrected chi connectivity index (χ2v) is 3.39. The Labute approximate surface area is 94.0 Å². The lowest BCUT2D eigenvalue weighted by atomic mass is 10.1. The smallest absolute Gasteiger partial charge is 0.461 e. The fraction of sp³-hybridized carbons (Fsp3) is 0.455. The summed E-state index contributed by atoms with van der Waals surface area (Å²) >= 11 is 0. The number of hydrogen-bond donors (Lipinski definition) is 2. The summed E-state index contributed by atoms with van der Waals surface area (Å²) in [6, 6.07) is 0. The third-order valence-corrected chi connectivity index (χ3v) is 2.06. The number of carbonyl (C=O) groups excluding carboxylic acids is 1. The molecule has 0 bridgehead atoms. The minimum absolute atomic E-state index is 0.0532. The van der Waals surface area contributed by atoms with Crippen LogP contribution in [0.3, 0.4) is 0 Å². The quantitative estimate of drug-likeness (QED) is 0.572. The van der Waals surface area contributed by atoms with Crippen LogP contribution in [-0.4, -0.2) is 28.9 Å². The van der Waals surface area contributed by atoms with Crippen LogP contribution in [0.4, 0.5) is 4.79 Å². The van der Waals surface area contributed by atoms with Gasteiger partial charge in [-0.1, -0.05) is 24.8 Å². The zero-order chi connectivity index (χ0) is 12.6. The van der Waals surface area contributed by atoms with Gasteiger partial charge in [0.1, 0.15) is 6.61 Å². The summed E-state index contributed by atoms with van der Waals surface area (Å²) in [6.45, 7) is 7.64. The van der Waals surface area contributed by atoms with Gasteiger partial charge in [-0.25, -0.2) is 4.79 Å². The van der Waals surface area contributed by atoms with E-state index in [-0.39, 0.29) is 11.9 Å². The Morgan fingerprint density at radius 1 is 1.50 bits per heavy atom. The van der Waals surface area contributed by atoms with Crippen LogP contribution in [-0.2, 0) is 9.53 Å². The molecule has 0 radical (unpaired) electrons. The van der Waals surface area contributed by atoms with Crippen LogP contribution in [0, 0.1) is 5.92 Å². The summed E-state index contributed by atoms with van der Waals surface area (Å²) in [7, 11) is 0. The standard InChI is InChI=1S/C10H14O2.CH2O3/c1-3-6-12-10(11)9-5-4-8(2)7-9;2-1(3)4/h3,9H,1-2,4-7H2;(H2,2,3,4)/t9-;/m1./s1. The van der Waals surface area contributed by atoms with Gasteiger partial charge in [0.25, 0.3) is 0 Å². The average molecular weight is 228 g/mol. The van der Waals surface area contributed by atoms with Crippen molar-refractivity contribution >= 4 is 12.1 Å². The molecule has 90 valence electrons. The summed E-state index contributed by atoms with van der Waals surface area (Å²) in [4.78, 5) is 19.8. The molecular weight excluding hydrogens is 212 g/mol. The summed E-state index contributed by atoms with van der Waals surface area (Å²) in [5.41, 5.74) is 1.16. The fourth-order valence-electron chi connectivity index (χ4n) is 1.39. The Hall–Kier alpha value is -1.78. The third kappa shape index (κ3) is 6.64. The Bertz CT molecular complexity index is 278.